The number of aliphatic carboxylic acids is 1. The predicted octanol–water partition coefficient (Wildman–Crippen LogP) is -0.201. The lowest BCUT2D eigenvalue weighted by atomic mass is 10.2. The molecule has 0 aliphatic heterocycles. The van der Waals surface area contributed by atoms with E-state index in [1.54, 1.807) is 4.90 Å². The summed E-state index contributed by atoms with van der Waals surface area (Å²) >= 11 is 0. The molecule has 1 fully saturated rings. The van der Waals surface area contributed by atoms with Gasteiger partial charge in [0.05, 0.1) is 12.5 Å². The highest BCUT2D eigenvalue weighted by Gasteiger charge is 2.34. The van der Waals surface area contributed by atoms with E-state index in [1.807, 2.05) is 6.92 Å². The molecule has 1 atom stereocenters. The molecule has 0 spiro atoms. The highest BCUT2D eigenvalue weighted by molar-refractivity contribution is 5.86. The van der Waals surface area contributed by atoms with Crippen molar-refractivity contribution in [1.29, 1.82) is 0 Å². The minimum absolute atomic E-state index is 0.239. The quantitative estimate of drug-likeness (QED) is 0.643. The Labute approximate surface area is 82.9 Å². The lowest BCUT2D eigenvalue weighted by Crippen LogP contribution is -2.45. The van der Waals surface area contributed by atoms with Crippen molar-refractivity contribution in [3.05, 3.63) is 0 Å². The third kappa shape index (κ3) is 2.70. The number of hydrogen-bond acceptors (Lipinski definition) is 3. The fraction of sp³-hybridized carbons (Fsp3) is 0.778. The number of hydrogen-bond donors (Lipinski definition) is 2. The normalized spacial score (nSPS) is 17.6. The minimum Gasteiger partial charge on any atom is -0.481 e. The standard InChI is InChI=1S/C9H16N2O3/c1-2-11(6-3-4-6)9(14)7(10)5-8(12)13/h6-7H,2-5,10H2,1H3,(H,12,13). The zero-order valence-electron chi connectivity index (χ0n) is 8.27. The van der Waals surface area contributed by atoms with Gasteiger partial charge in [-0.3, -0.25) is 9.59 Å². The van der Waals surface area contributed by atoms with E-state index >= 15 is 0 Å². The molecule has 5 heteroatoms. The van der Waals surface area contributed by atoms with Crippen LogP contribution in [0.1, 0.15) is 26.2 Å². The molecule has 0 bridgehead atoms. The highest BCUT2D eigenvalue weighted by atomic mass is 16.4. The Morgan fingerprint density at radius 2 is 2.14 bits per heavy atom. The van der Waals surface area contributed by atoms with Crippen LogP contribution in [0.2, 0.25) is 0 Å². The van der Waals surface area contributed by atoms with E-state index in [0.717, 1.165) is 12.8 Å². The first kappa shape index (κ1) is 11.0. The van der Waals surface area contributed by atoms with Crippen LogP contribution >= 0.6 is 0 Å². The highest BCUT2D eigenvalue weighted by Crippen LogP contribution is 2.26. The number of carbonyl (C=O) groups excluding carboxylic acids is 1. The molecule has 0 saturated heterocycles. The minimum atomic E-state index is -1.03. The van der Waals surface area contributed by atoms with Crippen LogP contribution in [0, 0.1) is 0 Å². The summed E-state index contributed by atoms with van der Waals surface area (Å²) in [6.45, 7) is 2.49. The van der Waals surface area contributed by atoms with Crippen LogP contribution in [-0.4, -0.2) is 40.5 Å². The van der Waals surface area contributed by atoms with Crippen molar-refractivity contribution in [2.24, 2.45) is 5.73 Å². The summed E-state index contributed by atoms with van der Waals surface area (Å²) in [5.41, 5.74) is 5.49. The first-order valence-electron chi connectivity index (χ1n) is 4.84. The van der Waals surface area contributed by atoms with Crippen LogP contribution < -0.4 is 5.73 Å². The van der Waals surface area contributed by atoms with Crippen molar-refractivity contribution in [3.8, 4) is 0 Å². The third-order valence-electron chi connectivity index (χ3n) is 2.32. The zero-order chi connectivity index (χ0) is 10.7. The average molecular weight is 200 g/mol. The van der Waals surface area contributed by atoms with Crippen LogP contribution in [0.15, 0.2) is 0 Å². The molecular weight excluding hydrogens is 184 g/mol. The maximum absolute atomic E-state index is 11.6. The first-order valence-corrected chi connectivity index (χ1v) is 4.84. The molecule has 1 rings (SSSR count). The van der Waals surface area contributed by atoms with E-state index in [0.29, 0.717) is 12.6 Å². The van der Waals surface area contributed by atoms with Gasteiger partial charge in [0.1, 0.15) is 0 Å². The van der Waals surface area contributed by atoms with Gasteiger partial charge in [0.2, 0.25) is 5.91 Å². The molecule has 0 radical (unpaired) electrons. The van der Waals surface area contributed by atoms with Crippen LogP contribution in [0.25, 0.3) is 0 Å². The Kier molecular flexibility index (Phi) is 3.46. The van der Waals surface area contributed by atoms with Gasteiger partial charge in [-0.1, -0.05) is 0 Å². The predicted molar refractivity (Wildman–Crippen MR) is 50.6 cm³/mol. The van der Waals surface area contributed by atoms with Crippen LogP contribution in [-0.2, 0) is 9.59 Å². The van der Waals surface area contributed by atoms with Gasteiger partial charge in [-0.15, -0.1) is 0 Å². The smallest absolute Gasteiger partial charge is 0.305 e. The molecule has 14 heavy (non-hydrogen) atoms. The fourth-order valence-electron chi connectivity index (χ4n) is 1.47. The molecule has 3 N–H and O–H groups in total. The van der Waals surface area contributed by atoms with Gasteiger partial charge in [0.15, 0.2) is 0 Å². The maximum atomic E-state index is 11.6. The SMILES string of the molecule is CCN(C(=O)C(N)CC(=O)O)C1CC1. The zero-order valence-corrected chi connectivity index (χ0v) is 8.27. The lowest BCUT2D eigenvalue weighted by Gasteiger charge is -2.23. The summed E-state index contributed by atoms with van der Waals surface area (Å²) in [5.74, 6) is -1.27. The van der Waals surface area contributed by atoms with E-state index in [9.17, 15) is 9.59 Å². The van der Waals surface area contributed by atoms with Gasteiger partial charge in [0.25, 0.3) is 0 Å². The average Bonchev–Trinajstić information content (AvgIpc) is 2.88. The Morgan fingerprint density at radius 3 is 2.50 bits per heavy atom. The number of carboxylic acids is 1. The summed E-state index contributed by atoms with van der Waals surface area (Å²) in [6, 6.07) is -0.597. The molecule has 1 aliphatic carbocycles. The summed E-state index contributed by atoms with van der Waals surface area (Å²) in [6.07, 6.45) is 1.74. The molecule has 1 aliphatic rings. The second kappa shape index (κ2) is 4.41. The van der Waals surface area contributed by atoms with Crippen molar-refractivity contribution in [2.75, 3.05) is 6.54 Å². The molecule has 5 nitrogen and oxygen atoms in total. The van der Waals surface area contributed by atoms with Crippen molar-refractivity contribution in [1.82, 2.24) is 4.90 Å². The van der Waals surface area contributed by atoms with Gasteiger partial charge >= 0.3 is 5.97 Å². The Hall–Kier alpha value is -1.10. The van der Waals surface area contributed by atoms with Gasteiger partial charge in [-0.05, 0) is 19.8 Å². The van der Waals surface area contributed by atoms with E-state index in [2.05, 4.69) is 0 Å². The van der Waals surface area contributed by atoms with Crippen molar-refractivity contribution in [3.63, 3.8) is 0 Å². The summed E-state index contributed by atoms with van der Waals surface area (Å²) in [4.78, 5) is 23.7. The number of nitrogens with two attached hydrogens (primary N) is 1. The summed E-state index contributed by atoms with van der Waals surface area (Å²) in [5, 5.41) is 8.49. The third-order valence-corrected chi connectivity index (χ3v) is 2.32. The molecule has 0 aromatic rings. The number of nitrogens with zero attached hydrogens (tertiary/aromatic N) is 1. The number of amides is 1. The van der Waals surface area contributed by atoms with Gasteiger partial charge in [-0.25, -0.2) is 0 Å². The van der Waals surface area contributed by atoms with E-state index in [1.165, 1.54) is 0 Å². The largest absolute Gasteiger partial charge is 0.481 e. The Morgan fingerprint density at radius 1 is 1.57 bits per heavy atom. The molecule has 1 unspecified atom stereocenters. The maximum Gasteiger partial charge on any atom is 0.305 e. The summed E-state index contributed by atoms with van der Waals surface area (Å²) in [7, 11) is 0. The molecule has 0 heterocycles. The number of likely N-dealkylation sites (N-methyl/N-ethyl adjacent to an activating group) is 1. The second-order valence-electron chi connectivity index (χ2n) is 3.56. The van der Waals surface area contributed by atoms with Gasteiger partial charge in [0, 0.05) is 12.6 Å². The van der Waals surface area contributed by atoms with Gasteiger partial charge < -0.3 is 15.7 Å². The molecule has 0 aromatic heterocycles. The number of carboxylic acid groups (broad SMARTS) is 1. The fourth-order valence-corrected chi connectivity index (χ4v) is 1.47. The Bertz CT molecular complexity index is 238. The Balaban J connectivity index is 2.48. The number of rotatable bonds is 5. The van der Waals surface area contributed by atoms with E-state index in [-0.39, 0.29) is 12.3 Å². The van der Waals surface area contributed by atoms with E-state index < -0.39 is 12.0 Å². The van der Waals surface area contributed by atoms with Crippen LogP contribution in [0.5, 0.6) is 0 Å². The number of carbonyl (C=O) groups is 2. The van der Waals surface area contributed by atoms with Crippen LogP contribution in [0.3, 0.4) is 0 Å². The molecule has 0 aromatic carbocycles. The first-order chi connectivity index (χ1) is 6.56. The molecule has 80 valence electrons. The van der Waals surface area contributed by atoms with Gasteiger partial charge in [-0.2, -0.15) is 0 Å². The van der Waals surface area contributed by atoms with Crippen molar-refractivity contribution in [2.45, 2.75) is 38.3 Å². The van der Waals surface area contributed by atoms with Crippen LogP contribution in [0.4, 0.5) is 0 Å². The van der Waals surface area contributed by atoms with Crippen molar-refractivity contribution >= 4 is 11.9 Å². The second-order valence-corrected chi connectivity index (χ2v) is 3.56. The van der Waals surface area contributed by atoms with Crippen molar-refractivity contribution < 1.29 is 14.7 Å². The monoisotopic (exact) mass is 200 g/mol. The van der Waals surface area contributed by atoms with E-state index in [4.69, 9.17) is 10.8 Å². The molecule has 1 saturated carbocycles. The lowest BCUT2D eigenvalue weighted by molar-refractivity contribution is -0.142. The molecular formula is C9H16N2O3. The molecule has 1 amide bonds. The topological polar surface area (TPSA) is 83.6 Å². The summed E-state index contributed by atoms with van der Waals surface area (Å²) < 4.78 is 0.